The Morgan fingerprint density at radius 3 is 2.50 bits per heavy atom. The number of nitrogens with zero attached hydrogens (tertiary/aromatic N) is 2. The van der Waals surface area contributed by atoms with Crippen LogP contribution < -0.4 is 15.8 Å². The van der Waals surface area contributed by atoms with Gasteiger partial charge in [-0.15, -0.1) is 0 Å². The molecule has 0 saturated carbocycles. The molecule has 9 nitrogen and oxygen atoms in total. The lowest BCUT2D eigenvalue weighted by atomic mass is 10.2. The number of carboxylic acids is 1. The zero-order valence-electron chi connectivity index (χ0n) is 12.9. The number of hydrogen-bond acceptors (Lipinski definition) is 6. The average molecular weight is 334 g/mol. The summed E-state index contributed by atoms with van der Waals surface area (Å²) in [6, 6.07) is -1.27. The quantitative estimate of drug-likeness (QED) is 0.714. The van der Waals surface area contributed by atoms with Crippen molar-refractivity contribution in [1.29, 1.82) is 0 Å². The van der Waals surface area contributed by atoms with Crippen molar-refractivity contribution in [1.82, 2.24) is 15.1 Å². The Hall–Kier alpha value is -2.10. The lowest BCUT2D eigenvalue weighted by Gasteiger charge is -2.22. The number of nitrogens with two attached hydrogens (primary N) is 1. The summed E-state index contributed by atoms with van der Waals surface area (Å²) in [5.41, 5.74) is 5.18. The first-order chi connectivity index (χ1) is 9.60. The van der Waals surface area contributed by atoms with Crippen molar-refractivity contribution in [2.75, 3.05) is 12.3 Å². The smallest absolute Gasteiger partial charge is 0.408 e. The van der Waals surface area contributed by atoms with Gasteiger partial charge in [-0.3, -0.25) is 0 Å². The lowest BCUT2D eigenvalue weighted by molar-refractivity contribution is -0.140. The molecular weight excluding hydrogens is 312 g/mol. The van der Waals surface area contributed by atoms with E-state index < -0.39 is 23.7 Å². The van der Waals surface area contributed by atoms with Gasteiger partial charge in [0.2, 0.25) is 5.88 Å². The summed E-state index contributed by atoms with van der Waals surface area (Å²) in [6.45, 7) is 4.72. The zero-order chi connectivity index (χ0) is 16.2. The molecule has 0 unspecified atom stereocenters. The molecule has 0 fully saturated rings. The number of alkyl carbamates (subject to hydrolysis) is 1. The Morgan fingerprint density at radius 2 is 2.09 bits per heavy atom. The Balaban J connectivity index is 0.00000441. The van der Waals surface area contributed by atoms with Crippen LogP contribution in [-0.2, 0) is 16.6 Å². The Labute approximate surface area is 135 Å². The minimum absolute atomic E-state index is 0. The highest BCUT2D eigenvalue weighted by molar-refractivity contribution is 7.59. The lowest BCUT2D eigenvalue weighted by Crippen LogP contribution is -2.46. The number of nitrogens with one attached hydrogen (secondary N) is 1. The molecule has 0 aliphatic carbocycles. The topological polar surface area (TPSA) is 129 Å². The normalized spacial score (nSPS) is 12.0. The highest BCUT2D eigenvalue weighted by Crippen LogP contribution is 2.18. The number of nitrogen functional groups attached to an aromatic ring is 1. The number of ether oxygens (including phenoxy) is 2. The first kappa shape index (κ1) is 19.9. The summed E-state index contributed by atoms with van der Waals surface area (Å²) in [5, 5.41) is 15.2. The molecule has 0 aliphatic heterocycles. The van der Waals surface area contributed by atoms with Gasteiger partial charge in [-0.1, -0.05) is 0 Å². The number of anilines is 1. The largest absolute Gasteiger partial charge is 0.480 e. The fourth-order valence-corrected chi connectivity index (χ4v) is 1.41. The van der Waals surface area contributed by atoms with Crippen LogP contribution >= 0.6 is 13.5 Å². The van der Waals surface area contributed by atoms with Gasteiger partial charge in [0.05, 0.1) is 6.20 Å². The number of aromatic nitrogens is 2. The molecule has 4 N–H and O–H groups in total. The van der Waals surface area contributed by atoms with E-state index in [9.17, 15) is 9.59 Å². The number of carboxylic acid groups (broad SMARTS) is 1. The van der Waals surface area contributed by atoms with E-state index in [4.69, 9.17) is 20.3 Å². The van der Waals surface area contributed by atoms with E-state index in [-0.39, 0.29) is 31.7 Å². The SMILES string of the molecule is Cn1ncc(N)c1OC[C@H](NC(=O)OC(C)(C)C)C(=O)O.S. The summed E-state index contributed by atoms with van der Waals surface area (Å²) >= 11 is 0. The fourth-order valence-electron chi connectivity index (χ4n) is 1.41. The first-order valence-corrected chi connectivity index (χ1v) is 6.22. The second-order valence-electron chi connectivity index (χ2n) is 5.38. The van der Waals surface area contributed by atoms with Gasteiger partial charge in [0.1, 0.15) is 17.9 Å². The summed E-state index contributed by atoms with van der Waals surface area (Å²) in [4.78, 5) is 22.7. The molecule has 1 rings (SSSR count). The summed E-state index contributed by atoms with van der Waals surface area (Å²) < 4.78 is 11.6. The van der Waals surface area contributed by atoms with Crippen LogP contribution in [0, 0.1) is 0 Å². The van der Waals surface area contributed by atoms with E-state index in [2.05, 4.69) is 10.4 Å². The van der Waals surface area contributed by atoms with Gasteiger partial charge < -0.3 is 25.6 Å². The van der Waals surface area contributed by atoms with Crippen molar-refractivity contribution in [2.45, 2.75) is 32.4 Å². The minimum Gasteiger partial charge on any atom is -0.480 e. The van der Waals surface area contributed by atoms with Crippen LogP contribution in [0.4, 0.5) is 10.5 Å². The van der Waals surface area contributed by atoms with Crippen molar-refractivity contribution in [3.63, 3.8) is 0 Å². The van der Waals surface area contributed by atoms with E-state index in [0.29, 0.717) is 0 Å². The summed E-state index contributed by atoms with van der Waals surface area (Å²) in [5.74, 6) is -1.02. The van der Waals surface area contributed by atoms with Crippen molar-refractivity contribution >= 4 is 31.2 Å². The molecule has 0 aliphatic rings. The highest BCUT2D eigenvalue weighted by atomic mass is 32.1. The van der Waals surface area contributed by atoms with E-state index in [1.807, 2.05) is 0 Å². The molecular formula is C12H22N4O5S. The van der Waals surface area contributed by atoms with Crippen LogP contribution in [0.2, 0.25) is 0 Å². The Kier molecular flexibility index (Phi) is 7.04. The highest BCUT2D eigenvalue weighted by Gasteiger charge is 2.25. The molecule has 0 spiro atoms. The molecule has 0 radical (unpaired) electrons. The van der Waals surface area contributed by atoms with Crippen LogP contribution in [-0.4, -0.2) is 45.2 Å². The third kappa shape index (κ3) is 6.12. The molecule has 1 atom stereocenters. The van der Waals surface area contributed by atoms with E-state index >= 15 is 0 Å². The van der Waals surface area contributed by atoms with Crippen LogP contribution in [0.25, 0.3) is 0 Å². The third-order valence-electron chi connectivity index (χ3n) is 2.29. The van der Waals surface area contributed by atoms with Crippen LogP contribution in [0.15, 0.2) is 6.20 Å². The first-order valence-electron chi connectivity index (χ1n) is 6.22. The van der Waals surface area contributed by atoms with Gasteiger partial charge in [0, 0.05) is 7.05 Å². The molecule has 1 amide bonds. The van der Waals surface area contributed by atoms with Gasteiger partial charge in [-0.2, -0.15) is 18.6 Å². The number of aliphatic carboxylic acids is 1. The van der Waals surface area contributed by atoms with Gasteiger partial charge in [0.15, 0.2) is 6.04 Å². The number of hydrogen-bond donors (Lipinski definition) is 3. The second-order valence-corrected chi connectivity index (χ2v) is 5.38. The third-order valence-corrected chi connectivity index (χ3v) is 2.29. The Morgan fingerprint density at radius 1 is 1.50 bits per heavy atom. The molecule has 1 heterocycles. The van der Waals surface area contributed by atoms with E-state index in [1.54, 1.807) is 27.8 Å². The number of aryl methyl sites for hydroxylation is 1. The average Bonchev–Trinajstić information content (AvgIpc) is 2.62. The number of amides is 1. The van der Waals surface area contributed by atoms with Crippen molar-refractivity contribution in [2.24, 2.45) is 7.05 Å². The van der Waals surface area contributed by atoms with Gasteiger partial charge in [0.25, 0.3) is 0 Å². The number of rotatable bonds is 5. The van der Waals surface area contributed by atoms with Crippen LogP contribution in [0.3, 0.4) is 0 Å². The molecule has 0 bridgehead atoms. The van der Waals surface area contributed by atoms with Crippen LogP contribution in [0.5, 0.6) is 5.88 Å². The molecule has 0 saturated heterocycles. The van der Waals surface area contributed by atoms with Gasteiger partial charge >= 0.3 is 12.1 Å². The van der Waals surface area contributed by atoms with Gasteiger partial charge in [-0.25, -0.2) is 14.3 Å². The summed E-state index contributed by atoms with van der Waals surface area (Å²) in [6.07, 6.45) is 0.545. The van der Waals surface area contributed by atoms with Crippen LogP contribution in [0.1, 0.15) is 20.8 Å². The maximum atomic E-state index is 11.6. The summed E-state index contributed by atoms with van der Waals surface area (Å²) in [7, 11) is 1.60. The molecule has 126 valence electrons. The van der Waals surface area contributed by atoms with Crippen molar-refractivity contribution in [3.8, 4) is 5.88 Å². The minimum atomic E-state index is -1.27. The number of carbonyl (C=O) groups is 2. The predicted octanol–water partition coefficient (Wildman–Crippen LogP) is 0.472. The Bertz CT molecular complexity index is 507. The van der Waals surface area contributed by atoms with Gasteiger partial charge in [-0.05, 0) is 20.8 Å². The van der Waals surface area contributed by atoms with E-state index in [1.165, 1.54) is 10.9 Å². The zero-order valence-corrected chi connectivity index (χ0v) is 13.9. The molecule has 1 aromatic heterocycles. The fraction of sp³-hybridized carbons (Fsp3) is 0.583. The molecule has 22 heavy (non-hydrogen) atoms. The standard InChI is InChI=1S/C12H20N4O5.H2S/c1-12(2,3)21-11(19)15-8(10(17)18)6-20-9-7(13)5-14-16(9)4;/h5,8H,6,13H2,1-4H3,(H,15,19)(H,17,18);1H2/t8-;/m0./s1. The van der Waals surface area contributed by atoms with Crippen molar-refractivity contribution in [3.05, 3.63) is 6.20 Å². The molecule has 10 heteroatoms. The molecule has 0 aromatic carbocycles. The molecule has 1 aromatic rings. The monoisotopic (exact) mass is 334 g/mol. The second kappa shape index (κ2) is 7.78. The predicted molar refractivity (Wildman–Crippen MR) is 84.3 cm³/mol. The maximum absolute atomic E-state index is 11.6. The maximum Gasteiger partial charge on any atom is 0.408 e. The number of carbonyl (C=O) groups excluding carboxylic acids is 1. The van der Waals surface area contributed by atoms with Crippen molar-refractivity contribution < 1.29 is 24.2 Å². The van der Waals surface area contributed by atoms with E-state index in [0.717, 1.165) is 0 Å².